The lowest BCUT2D eigenvalue weighted by atomic mass is 9.82. The number of hydrogen-bond acceptors (Lipinski definition) is 3. The fourth-order valence-electron chi connectivity index (χ4n) is 3.03. The molecule has 1 aliphatic heterocycles. The van der Waals surface area contributed by atoms with Crippen LogP contribution in [0.15, 0.2) is 0 Å². The first kappa shape index (κ1) is 14.7. The van der Waals surface area contributed by atoms with Gasteiger partial charge in [0.2, 0.25) is 0 Å². The van der Waals surface area contributed by atoms with E-state index < -0.39 is 0 Å². The smallest absolute Gasteiger partial charge is 0.322 e. The first-order valence-electron chi connectivity index (χ1n) is 7.32. The van der Waals surface area contributed by atoms with Crippen LogP contribution in [-0.4, -0.2) is 41.2 Å². The molecular formula is C14H24N2O2S. The molecule has 1 saturated heterocycles. The molecule has 0 bridgehead atoms. The number of amides is 2. The van der Waals surface area contributed by atoms with Crippen LogP contribution in [0.5, 0.6) is 0 Å². The van der Waals surface area contributed by atoms with Crippen LogP contribution in [0.4, 0.5) is 4.79 Å². The summed E-state index contributed by atoms with van der Waals surface area (Å²) in [5.41, 5.74) is 0. The van der Waals surface area contributed by atoms with Gasteiger partial charge in [0.1, 0.15) is 0 Å². The second-order valence-electron chi connectivity index (χ2n) is 5.72. The van der Waals surface area contributed by atoms with Gasteiger partial charge in [-0.25, -0.2) is 4.79 Å². The van der Waals surface area contributed by atoms with Crippen molar-refractivity contribution in [2.75, 3.05) is 13.2 Å². The second kappa shape index (κ2) is 6.66. The van der Waals surface area contributed by atoms with Crippen LogP contribution in [0.3, 0.4) is 0 Å². The Morgan fingerprint density at radius 2 is 2.16 bits per heavy atom. The van der Waals surface area contributed by atoms with E-state index in [1.807, 2.05) is 18.7 Å². The van der Waals surface area contributed by atoms with Crippen molar-refractivity contribution < 1.29 is 9.53 Å². The highest BCUT2D eigenvalue weighted by atomic mass is 32.1. The average molecular weight is 284 g/mol. The molecule has 0 radical (unpaired) electrons. The van der Waals surface area contributed by atoms with Crippen molar-refractivity contribution in [3.8, 4) is 0 Å². The predicted octanol–water partition coefficient (Wildman–Crippen LogP) is 2.71. The Kier molecular flexibility index (Phi) is 5.16. The van der Waals surface area contributed by atoms with Gasteiger partial charge in [0, 0.05) is 25.1 Å². The maximum absolute atomic E-state index is 12.1. The molecule has 1 N–H and O–H groups in total. The lowest BCUT2D eigenvalue weighted by Crippen LogP contribution is -2.60. The summed E-state index contributed by atoms with van der Waals surface area (Å²) in [5.74, 6) is 0.368. The standard InChI is InChI=1S/C14H24N2O2S/c1-10(2)18-9-5-8-16-12-7-4-3-6-11(12)13(19)15-14(16)17/h10-12H,3-9H2,1-2H3,(H,15,17,19). The zero-order valence-corrected chi connectivity index (χ0v) is 12.7. The van der Waals surface area contributed by atoms with E-state index in [4.69, 9.17) is 17.0 Å². The Morgan fingerprint density at radius 1 is 1.42 bits per heavy atom. The minimum atomic E-state index is -0.0160. The molecule has 19 heavy (non-hydrogen) atoms. The Morgan fingerprint density at radius 3 is 2.89 bits per heavy atom. The van der Waals surface area contributed by atoms with Crippen molar-refractivity contribution in [3.05, 3.63) is 0 Å². The third-order valence-electron chi connectivity index (χ3n) is 3.95. The van der Waals surface area contributed by atoms with E-state index in [9.17, 15) is 4.79 Å². The van der Waals surface area contributed by atoms with Crippen LogP contribution in [-0.2, 0) is 4.74 Å². The molecule has 5 heteroatoms. The van der Waals surface area contributed by atoms with Gasteiger partial charge in [-0.3, -0.25) is 0 Å². The topological polar surface area (TPSA) is 41.6 Å². The van der Waals surface area contributed by atoms with Gasteiger partial charge in [-0.15, -0.1) is 0 Å². The third kappa shape index (κ3) is 3.66. The molecule has 1 aliphatic carbocycles. The largest absolute Gasteiger partial charge is 0.379 e. The highest BCUT2D eigenvalue weighted by Crippen LogP contribution is 2.32. The summed E-state index contributed by atoms with van der Waals surface area (Å²) in [4.78, 5) is 14.8. The molecule has 0 aromatic carbocycles. The van der Waals surface area contributed by atoms with Gasteiger partial charge in [-0.05, 0) is 33.1 Å². The van der Waals surface area contributed by atoms with E-state index in [2.05, 4.69) is 5.32 Å². The number of hydrogen-bond donors (Lipinski definition) is 1. The summed E-state index contributed by atoms with van der Waals surface area (Å²) in [5, 5.41) is 2.86. The van der Waals surface area contributed by atoms with Crippen molar-refractivity contribution in [2.24, 2.45) is 5.92 Å². The van der Waals surface area contributed by atoms with Crippen molar-refractivity contribution in [3.63, 3.8) is 0 Å². The lowest BCUT2D eigenvalue weighted by molar-refractivity contribution is 0.0652. The van der Waals surface area contributed by atoms with Crippen LogP contribution in [0.1, 0.15) is 46.0 Å². The number of carbonyl (C=O) groups excluding carboxylic acids is 1. The SMILES string of the molecule is CC(C)OCCCN1C(=O)NC(=S)C2CCCCC21. The van der Waals surface area contributed by atoms with E-state index >= 15 is 0 Å². The third-order valence-corrected chi connectivity index (χ3v) is 4.36. The molecule has 2 rings (SSSR count). The summed E-state index contributed by atoms with van der Waals surface area (Å²) in [6.45, 7) is 5.54. The number of carbonyl (C=O) groups is 1. The summed E-state index contributed by atoms with van der Waals surface area (Å²) < 4.78 is 5.54. The number of ether oxygens (including phenoxy) is 1. The van der Waals surface area contributed by atoms with E-state index in [1.165, 1.54) is 12.8 Å². The molecule has 1 heterocycles. The number of fused-ring (bicyclic) bond motifs is 1. The Hall–Kier alpha value is -0.680. The number of urea groups is 1. The maximum Gasteiger partial charge on any atom is 0.322 e. The van der Waals surface area contributed by atoms with E-state index in [1.54, 1.807) is 0 Å². The zero-order valence-electron chi connectivity index (χ0n) is 11.9. The Balaban J connectivity index is 1.89. The van der Waals surface area contributed by atoms with Crippen molar-refractivity contribution >= 4 is 23.2 Å². The number of thiocarbonyl (C=S) groups is 1. The normalized spacial score (nSPS) is 27.4. The van der Waals surface area contributed by atoms with Crippen LogP contribution < -0.4 is 5.32 Å². The summed E-state index contributed by atoms with van der Waals surface area (Å²) in [6, 6.07) is 0.298. The molecule has 2 fully saturated rings. The van der Waals surface area contributed by atoms with E-state index in [0.717, 1.165) is 30.8 Å². The minimum Gasteiger partial charge on any atom is -0.379 e. The van der Waals surface area contributed by atoms with E-state index in [-0.39, 0.29) is 12.1 Å². The fraction of sp³-hybridized carbons (Fsp3) is 0.857. The first-order chi connectivity index (χ1) is 9.09. The highest BCUT2D eigenvalue weighted by molar-refractivity contribution is 7.80. The van der Waals surface area contributed by atoms with Crippen molar-refractivity contribution in [1.82, 2.24) is 10.2 Å². The quantitative estimate of drug-likeness (QED) is 0.623. The predicted molar refractivity (Wildman–Crippen MR) is 79.3 cm³/mol. The van der Waals surface area contributed by atoms with Crippen LogP contribution in [0.25, 0.3) is 0 Å². The number of nitrogens with zero attached hydrogens (tertiary/aromatic N) is 1. The molecule has 108 valence electrons. The van der Waals surface area contributed by atoms with Gasteiger partial charge in [-0.1, -0.05) is 25.1 Å². The van der Waals surface area contributed by atoms with Gasteiger partial charge in [0.25, 0.3) is 0 Å². The average Bonchev–Trinajstić information content (AvgIpc) is 2.37. The number of rotatable bonds is 5. The molecule has 2 aliphatic rings. The van der Waals surface area contributed by atoms with Crippen molar-refractivity contribution in [1.29, 1.82) is 0 Å². The monoisotopic (exact) mass is 284 g/mol. The van der Waals surface area contributed by atoms with Crippen molar-refractivity contribution in [2.45, 2.75) is 58.1 Å². The second-order valence-corrected chi connectivity index (χ2v) is 6.16. The first-order valence-corrected chi connectivity index (χ1v) is 7.73. The van der Waals surface area contributed by atoms with Gasteiger partial charge in [0.05, 0.1) is 11.1 Å². The molecule has 0 aromatic heterocycles. The van der Waals surface area contributed by atoms with Crippen LogP contribution >= 0.6 is 12.2 Å². The van der Waals surface area contributed by atoms with E-state index in [0.29, 0.717) is 18.6 Å². The molecule has 2 atom stereocenters. The Bertz CT molecular complexity index is 346. The fourth-order valence-corrected chi connectivity index (χ4v) is 3.39. The van der Waals surface area contributed by atoms with Crippen LogP contribution in [0.2, 0.25) is 0 Å². The highest BCUT2D eigenvalue weighted by Gasteiger charge is 2.39. The Labute approximate surface area is 120 Å². The van der Waals surface area contributed by atoms with Crippen LogP contribution in [0, 0.1) is 5.92 Å². The molecule has 1 saturated carbocycles. The zero-order chi connectivity index (χ0) is 13.8. The molecule has 2 amide bonds. The minimum absolute atomic E-state index is 0.0160. The van der Waals surface area contributed by atoms with Gasteiger partial charge >= 0.3 is 6.03 Å². The lowest BCUT2D eigenvalue weighted by Gasteiger charge is -2.44. The molecule has 0 spiro atoms. The summed E-state index contributed by atoms with van der Waals surface area (Å²) in [6.07, 6.45) is 5.77. The van der Waals surface area contributed by atoms with Gasteiger partial charge < -0.3 is 15.0 Å². The summed E-state index contributed by atoms with van der Waals surface area (Å²) >= 11 is 5.32. The molecule has 4 nitrogen and oxygen atoms in total. The molecular weight excluding hydrogens is 260 g/mol. The number of nitrogens with one attached hydrogen (secondary N) is 1. The van der Waals surface area contributed by atoms with Gasteiger partial charge in [-0.2, -0.15) is 0 Å². The molecule has 2 unspecified atom stereocenters. The summed E-state index contributed by atoms with van der Waals surface area (Å²) in [7, 11) is 0. The maximum atomic E-state index is 12.1. The molecule has 0 aromatic rings. The van der Waals surface area contributed by atoms with Gasteiger partial charge in [0.15, 0.2) is 0 Å².